The molecule has 6 rings (SSSR count). The molecule has 0 bridgehead atoms. The first-order valence-corrected chi connectivity index (χ1v) is 17.7. The van der Waals surface area contributed by atoms with Gasteiger partial charge >= 0.3 is 0 Å². The molecular weight excluding hydrogens is 661 g/mol. The van der Waals surface area contributed by atoms with Gasteiger partial charge in [-0.25, -0.2) is 14.4 Å². The first-order chi connectivity index (χ1) is 25.2. The molecule has 3 heterocycles. The molecule has 0 radical (unpaired) electrons. The van der Waals surface area contributed by atoms with E-state index in [1.807, 2.05) is 62.5 Å². The summed E-state index contributed by atoms with van der Waals surface area (Å²) in [5, 5.41) is 9.07. The number of fused-ring (bicyclic) bond motifs is 1. The topological polar surface area (TPSA) is 137 Å². The van der Waals surface area contributed by atoms with Crippen molar-refractivity contribution in [1.29, 1.82) is 0 Å². The van der Waals surface area contributed by atoms with Crippen LogP contribution in [0.4, 0.5) is 15.9 Å². The van der Waals surface area contributed by atoms with E-state index in [9.17, 15) is 23.6 Å². The third-order valence-corrected chi connectivity index (χ3v) is 10.3. The van der Waals surface area contributed by atoms with Crippen molar-refractivity contribution in [3.05, 3.63) is 119 Å². The Morgan fingerprint density at radius 3 is 2.35 bits per heavy atom. The summed E-state index contributed by atoms with van der Waals surface area (Å²) in [4.78, 5) is 65.9. The molecule has 2 aromatic heterocycles. The van der Waals surface area contributed by atoms with Crippen molar-refractivity contribution in [2.75, 3.05) is 37.3 Å². The second-order valence-corrected chi connectivity index (χ2v) is 13.6. The van der Waals surface area contributed by atoms with Gasteiger partial charge < -0.3 is 25.8 Å². The quantitative estimate of drug-likeness (QED) is 0.189. The van der Waals surface area contributed by atoms with Crippen LogP contribution in [-0.2, 0) is 40.3 Å². The maximum absolute atomic E-state index is 14.6. The monoisotopic (exact) mass is 705 g/mol. The lowest BCUT2D eigenvalue weighted by molar-refractivity contribution is -0.147. The molecule has 2 aliphatic rings. The molecule has 4 amide bonds. The van der Waals surface area contributed by atoms with Crippen LogP contribution in [-0.4, -0.2) is 70.1 Å². The van der Waals surface area contributed by atoms with E-state index in [0.29, 0.717) is 63.2 Å². The number of aromatic nitrogens is 2. The third-order valence-electron chi connectivity index (χ3n) is 10.3. The summed E-state index contributed by atoms with van der Waals surface area (Å²) in [7, 11) is 1.86. The zero-order chi connectivity index (χ0) is 36.7. The van der Waals surface area contributed by atoms with E-state index < -0.39 is 11.2 Å². The zero-order valence-corrected chi connectivity index (χ0v) is 29.5. The molecule has 4 aromatic rings. The van der Waals surface area contributed by atoms with Crippen LogP contribution in [0.25, 0.3) is 0 Å². The van der Waals surface area contributed by atoms with Crippen LogP contribution in [0, 0.1) is 17.2 Å². The van der Waals surface area contributed by atoms with Crippen molar-refractivity contribution in [2.24, 2.45) is 11.3 Å². The summed E-state index contributed by atoms with van der Waals surface area (Å²) >= 11 is 0. The fraction of sp³-hybridized carbons (Fsp3) is 0.350. The predicted molar refractivity (Wildman–Crippen MR) is 196 cm³/mol. The van der Waals surface area contributed by atoms with Gasteiger partial charge in [0.2, 0.25) is 17.7 Å². The van der Waals surface area contributed by atoms with Gasteiger partial charge in [0.1, 0.15) is 23.9 Å². The summed E-state index contributed by atoms with van der Waals surface area (Å²) < 4.78 is 13.4. The number of carbonyl (C=O) groups is 4. The van der Waals surface area contributed by atoms with Gasteiger partial charge in [-0.2, -0.15) is 0 Å². The molecule has 52 heavy (non-hydrogen) atoms. The molecule has 1 saturated heterocycles. The van der Waals surface area contributed by atoms with Crippen LogP contribution in [0.15, 0.2) is 85.2 Å². The van der Waals surface area contributed by atoms with Gasteiger partial charge in [-0.3, -0.25) is 19.2 Å². The SMILES string of the molecule is CCC1(C(=O)N(CC(=O)Nc2ccc3c(c2)C[C@H](C(=O)Nc2ccccn2)C3)Cc2ccccc2CNC)CCN(C(=O)c2ccc(F)cn2)CC1. The van der Waals surface area contributed by atoms with E-state index >= 15 is 0 Å². The number of nitrogens with zero attached hydrogens (tertiary/aromatic N) is 4. The Kier molecular flexibility index (Phi) is 11.3. The van der Waals surface area contributed by atoms with Gasteiger partial charge in [-0.15, -0.1) is 0 Å². The minimum absolute atomic E-state index is 0.0969. The largest absolute Gasteiger partial charge is 0.337 e. The Labute approximate surface area is 303 Å². The molecule has 11 nitrogen and oxygen atoms in total. The lowest BCUT2D eigenvalue weighted by Gasteiger charge is -2.42. The van der Waals surface area contributed by atoms with Gasteiger partial charge in [-0.1, -0.05) is 43.3 Å². The van der Waals surface area contributed by atoms with E-state index in [4.69, 9.17) is 0 Å². The third kappa shape index (κ3) is 8.34. The molecule has 0 spiro atoms. The highest BCUT2D eigenvalue weighted by Crippen LogP contribution is 2.38. The molecule has 1 atom stereocenters. The Balaban J connectivity index is 1.15. The lowest BCUT2D eigenvalue weighted by Crippen LogP contribution is -2.52. The number of pyridine rings is 2. The van der Waals surface area contributed by atoms with Gasteiger partial charge in [0.05, 0.1) is 11.6 Å². The second-order valence-electron chi connectivity index (χ2n) is 13.6. The molecule has 270 valence electrons. The maximum atomic E-state index is 14.6. The normalized spacial score (nSPS) is 16.1. The Bertz CT molecular complexity index is 1910. The van der Waals surface area contributed by atoms with Crippen LogP contribution >= 0.6 is 0 Å². The van der Waals surface area contributed by atoms with Crippen molar-refractivity contribution >= 4 is 35.1 Å². The van der Waals surface area contributed by atoms with E-state index in [2.05, 4.69) is 25.9 Å². The van der Waals surface area contributed by atoms with Crippen LogP contribution < -0.4 is 16.0 Å². The average Bonchev–Trinajstić information content (AvgIpc) is 3.59. The maximum Gasteiger partial charge on any atom is 0.272 e. The van der Waals surface area contributed by atoms with E-state index in [1.54, 1.807) is 28.1 Å². The van der Waals surface area contributed by atoms with Crippen molar-refractivity contribution in [3.8, 4) is 0 Å². The Morgan fingerprint density at radius 1 is 0.904 bits per heavy atom. The highest BCUT2D eigenvalue weighted by Gasteiger charge is 2.43. The number of hydrogen-bond acceptors (Lipinski definition) is 7. The first kappa shape index (κ1) is 36.3. The minimum atomic E-state index is -0.774. The number of carbonyl (C=O) groups excluding carboxylic acids is 4. The predicted octanol–water partition coefficient (Wildman–Crippen LogP) is 4.99. The minimum Gasteiger partial charge on any atom is -0.337 e. The smallest absolute Gasteiger partial charge is 0.272 e. The van der Waals surface area contributed by atoms with Crippen molar-refractivity contribution in [3.63, 3.8) is 0 Å². The molecule has 1 aliphatic heterocycles. The number of amides is 4. The number of anilines is 2. The van der Waals surface area contributed by atoms with Crippen molar-refractivity contribution in [2.45, 2.75) is 52.1 Å². The summed E-state index contributed by atoms with van der Waals surface area (Å²) in [5.41, 5.74) is 4.00. The van der Waals surface area contributed by atoms with Crippen LogP contribution in [0.5, 0.6) is 0 Å². The Hall–Kier alpha value is -5.49. The average molecular weight is 706 g/mol. The standard InChI is InChI=1S/C40H44FN7O4/c1-3-40(15-18-47(19-16-40)38(51)34-14-12-32(41)24-44-34)39(52)48(25-29-9-5-4-8-28(29)23-42-2)26-36(49)45-33-13-11-27-20-31(21-30(27)22-33)37(50)46-35-10-6-7-17-43-35/h4-14,17,22,24,31,42H,3,15-16,18-21,23,25-26H2,1-2H3,(H,45,49)(H,43,46,50)/t31-/m1/s1. The van der Waals surface area contributed by atoms with Gasteiger partial charge in [0.25, 0.3) is 5.91 Å². The highest BCUT2D eigenvalue weighted by molar-refractivity contribution is 5.96. The van der Waals surface area contributed by atoms with Crippen LogP contribution in [0.3, 0.4) is 0 Å². The molecule has 1 aliphatic carbocycles. The highest BCUT2D eigenvalue weighted by atomic mass is 19.1. The van der Waals surface area contributed by atoms with Crippen LogP contribution in [0.1, 0.15) is 58.9 Å². The molecule has 12 heteroatoms. The van der Waals surface area contributed by atoms with E-state index in [0.717, 1.165) is 28.5 Å². The number of hydrogen-bond donors (Lipinski definition) is 3. The number of likely N-dealkylation sites (tertiary alicyclic amines) is 1. The van der Waals surface area contributed by atoms with Crippen molar-refractivity contribution in [1.82, 2.24) is 25.1 Å². The van der Waals surface area contributed by atoms with Crippen molar-refractivity contribution < 1.29 is 23.6 Å². The second kappa shape index (κ2) is 16.2. The number of piperidine rings is 1. The summed E-state index contributed by atoms with van der Waals surface area (Å²) in [6.45, 7) is 3.33. The number of nitrogens with one attached hydrogen (secondary N) is 3. The summed E-state index contributed by atoms with van der Waals surface area (Å²) in [6.07, 6.45) is 5.18. The lowest BCUT2D eigenvalue weighted by atomic mass is 9.74. The number of benzene rings is 2. The van der Waals surface area contributed by atoms with Gasteiger partial charge in [-0.05, 0) is 97.8 Å². The van der Waals surface area contributed by atoms with E-state index in [-0.39, 0.29) is 48.3 Å². The summed E-state index contributed by atoms with van der Waals surface area (Å²) in [5.74, 6) is -1.11. The fourth-order valence-corrected chi connectivity index (χ4v) is 7.26. The van der Waals surface area contributed by atoms with Gasteiger partial charge in [0, 0.05) is 44.0 Å². The number of rotatable bonds is 12. The Morgan fingerprint density at radius 2 is 1.65 bits per heavy atom. The van der Waals surface area contributed by atoms with Gasteiger partial charge in [0.15, 0.2) is 0 Å². The molecular formula is C40H44FN7O4. The first-order valence-electron chi connectivity index (χ1n) is 17.7. The summed E-state index contributed by atoms with van der Waals surface area (Å²) in [6, 6.07) is 21.5. The number of halogens is 1. The fourth-order valence-electron chi connectivity index (χ4n) is 7.26. The van der Waals surface area contributed by atoms with E-state index in [1.165, 1.54) is 12.1 Å². The molecule has 3 N–H and O–H groups in total. The molecule has 0 saturated carbocycles. The van der Waals surface area contributed by atoms with Crippen LogP contribution in [0.2, 0.25) is 0 Å². The molecule has 2 aromatic carbocycles. The molecule has 1 fully saturated rings. The zero-order valence-electron chi connectivity index (χ0n) is 29.5. The molecule has 0 unspecified atom stereocenters.